The molecule has 182 valence electrons. The normalized spacial score (nSPS) is 22.9. The van der Waals surface area contributed by atoms with Crippen molar-refractivity contribution < 1.29 is 9.59 Å². The number of likely N-dealkylation sites (N-methyl/N-ethyl adjacent to an activating group) is 2. The van der Waals surface area contributed by atoms with Crippen LogP contribution in [-0.2, 0) is 17.6 Å². The highest BCUT2D eigenvalue weighted by molar-refractivity contribution is 7.16. The number of likely N-dealkylation sites (tertiary alicyclic amines) is 1. The number of anilines is 1. The molecule has 33 heavy (non-hydrogen) atoms. The van der Waals surface area contributed by atoms with Crippen LogP contribution in [0.15, 0.2) is 0 Å². The minimum Gasteiger partial charge on any atom is -0.389 e. The maximum Gasteiger partial charge on any atom is 0.324 e. The zero-order valence-electron chi connectivity index (χ0n) is 20.8. The molecule has 0 saturated carbocycles. The lowest BCUT2D eigenvalue weighted by Gasteiger charge is -2.45. The van der Waals surface area contributed by atoms with Gasteiger partial charge in [-0.05, 0) is 72.2 Å². The number of hydrogen-bond acceptors (Lipinski definition) is 7. The number of piperidine rings is 1. The Hall–Kier alpha value is -2.15. The van der Waals surface area contributed by atoms with Crippen LogP contribution in [0, 0.1) is 23.2 Å². The first-order valence-corrected chi connectivity index (χ1v) is 12.6. The number of carbonyl (C=O) groups is 2. The molecule has 2 aliphatic rings. The Morgan fingerprint density at radius 1 is 1.33 bits per heavy atom. The van der Waals surface area contributed by atoms with Crippen LogP contribution in [0.5, 0.6) is 0 Å². The van der Waals surface area contributed by atoms with Crippen molar-refractivity contribution >= 4 is 28.3 Å². The van der Waals surface area contributed by atoms with E-state index < -0.39 is 0 Å². The van der Waals surface area contributed by atoms with Crippen molar-refractivity contribution in [3.05, 3.63) is 16.0 Å². The molecule has 0 aromatic carbocycles. The van der Waals surface area contributed by atoms with Crippen LogP contribution < -0.4 is 11.1 Å². The number of nitriles is 1. The van der Waals surface area contributed by atoms with Gasteiger partial charge in [-0.2, -0.15) is 5.26 Å². The van der Waals surface area contributed by atoms with Crippen LogP contribution in [0.25, 0.3) is 0 Å². The van der Waals surface area contributed by atoms with Gasteiger partial charge < -0.3 is 20.9 Å². The molecule has 0 bridgehead atoms. The maximum absolute atomic E-state index is 13.5. The first kappa shape index (κ1) is 25.5. The molecular formula is C24H38N6O2S. The fraction of sp³-hybridized carbons (Fsp3) is 0.708. The molecule has 1 saturated heterocycles. The smallest absolute Gasteiger partial charge is 0.324 e. The molecule has 8 nitrogen and oxygen atoms in total. The van der Waals surface area contributed by atoms with E-state index in [1.165, 1.54) is 21.1 Å². The largest absolute Gasteiger partial charge is 0.389 e. The number of urea groups is 1. The highest BCUT2D eigenvalue weighted by Crippen LogP contribution is 2.43. The molecule has 0 radical (unpaired) electrons. The third kappa shape index (κ3) is 5.18. The summed E-state index contributed by atoms with van der Waals surface area (Å²) in [6, 6.07) is 2.29. The highest BCUT2D eigenvalue weighted by Gasteiger charge is 2.43. The first-order chi connectivity index (χ1) is 15.5. The second-order valence-corrected chi connectivity index (χ2v) is 11.5. The predicted molar refractivity (Wildman–Crippen MR) is 132 cm³/mol. The molecule has 3 N–H and O–H groups in total. The summed E-state index contributed by atoms with van der Waals surface area (Å²) >= 11 is 1.53. The van der Waals surface area contributed by atoms with Gasteiger partial charge in [-0.1, -0.05) is 6.92 Å². The third-order valence-corrected chi connectivity index (χ3v) is 8.57. The van der Waals surface area contributed by atoms with E-state index in [0.717, 1.165) is 24.8 Å². The summed E-state index contributed by atoms with van der Waals surface area (Å²) < 4.78 is 0. The summed E-state index contributed by atoms with van der Waals surface area (Å²) in [5.74, 6) is -0.0672. The Morgan fingerprint density at radius 2 is 2.03 bits per heavy atom. The molecule has 3 rings (SSSR count). The number of thiophene rings is 1. The molecule has 3 amide bonds. The third-order valence-electron chi connectivity index (χ3n) is 7.49. The average molecular weight is 475 g/mol. The lowest BCUT2D eigenvalue weighted by molar-refractivity contribution is -0.136. The van der Waals surface area contributed by atoms with Crippen molar-refractivity contribution in [2.45, 2.75) is 58.0 Å². The van der Waals surface area contributed by atoms with Crippen LogP contribution in [0.3, 0.4) is 0 Å². The maximum atomic E-state index is 13.5. The zero-order valence-corrected chi connectivity index (χ0v) is 21.6. The predicted octanol–water partition coefficient (Wildman–Crippen LogP) is 2.53. The van der Waals surface area contributed by atoms with Gasteiger partial charge in [-0.3, -0.25) is 9.69 Å². The van der Waals surface area contributed by atoms with Crippen LogP contribution >= 0.6 is 11.3 Å². The Balaban J connectivity index is 1.73. The van der Waals surface area contributed by atoms with E-state index in [1.807, 2.05) is 21.0 Å². The number of nitrogens with two attached hydrogens (primary N) is 1. The van der Waals surface area contributed by atoms with E-state index in [4.69, 9.17) is 5.73 Å². The van der Waals surface area contributed by atoms with Crippen molar-refractivity contribution in [2.75, 3.05) is 46.5 Å². The topological polar surface area (TPSA) is 106 Å². The summed E-state index contributed by atoms with van der Waals surface area (Å²) in [4.78, 5) is 33.5. The number of rotatable bonds is 6. The van der Waals surface area contributed by atoms with Gasteiger partial charge in [0.2, 0.25) is 5.91 Å². The average Bonchev–Trinajstić information content (AvgIpc) is 3.07. The summed E-state index contributed by atoms with van der Waals surface area (Å²) in [5.41, 5.74) is 7.55. The minimum atomic E-state index is -0.315. The van der Waals surface area contributed by atoms with Gasteiger partial charge in [-0.25, -0.2) is 4.79 Å². The Bertz CT molecular complexity index is 934. The molecule has 1 fully saturated rings. The lowest BCUT2D eigenvalue weighted by atomic mass is 9.74. The van der Waals surface area contributed by atoms with E-state index in [9.17, 15) is 14.9 Å². The lowest BCUT2D eigenvalue weighted by Crippen LogP contribution is -2.57. The van der Waals surface area contributed by atoms with Crippen LogP contribution in [-0.4, -0.2) is 79.0 Å². The standard InChI is InChI=1S/C24H38N6O2S/c1-7-8-30(23(32)27-14-24(2,3)28(4)5)22(31)16-9-15-10-17-18(12-25)21(26)33-20(17)11-19(15)29(6)13-16/h15-16,19H,7-11,13-14,26H2,1-6H3,(H,27,32)/t15-,16-,19-/m1/s1. The quantitative estimate of drug-likeness (QED) is 0.656. The SMILES string of the molecule is CCCN(C(=O)NCC(C)(C)N(C)C)C(=O)[C@@H]1C[C@@H]2Cc3c(sc(N)c3C#N)C[C@H]2N(C)C1. The fourth-order valence-electron chi connectivity index (χ4n) is 4.95. The molecule has 3 atom stereocenters. The summed E-state index contributed by atoms with van der Waals surface area (Å²) in [6.45, 7) is 7.59. The molecule has 1 aliphatic carbocycles. The van der Waals surface area contributed by atoms with Gasteiger partial charge in [0.15, 0.2) is 0 Å². The van der Waals surface area contributed by atoms with E-state index >= 15 is 0 Å². The van der Waals surface area contributed by atoms with Crippen molar-refractivity contribution in [3.63, 3.8) is 0 Å². The first-order valence-electron chi connectivity index (χ1n) is 11.8. The highest BCUT2D eigenvalue weighted by atomic mass is 32.1. The second kappa shape index (κ2) is 10.00. The van der Waals surface area contributed by atoms with E-state index in [-0.39, 0.29) is 29.3 Å². The van der Waals surface area contributed by atoms with Gasteiger partial charge in [0.05, 0.1) is 11.5 Å². The van der Waals surface area contributed by atoms with Crippen LogP contribution in [0.4, 0.5) is 9.80 Å². The molecular weight excluding hydrogens is 436 g/mol. The number of nitrogen functional groups attached to an aromatic ring is 1. The van der Waals surface area contributed by atoms with Crippen molar-refractivity contribution in [3.8, 4) is 6.07 Å². The Kier molecular flexibility index (Phi) is 7.72. The Labute approximate surface area is 201 Å². The van der Waals surface area contributed by atoms with Gasteiger partial charge in [0.25, 0.3) is 0 Å². The summed E-state index contributed by atoms with van der Waals surface area (Å²) in [5, 5.41) is 13.1. The second-order valence-electron chi connectivity index (χ2n) is 10.3. The molecule has 0 spiro atoms. The van der Waals surface area contributed by atoms with Crippen LogP contribution in [0.1, 0.15) is 49.6 Å². The molecule has 9 heteroatoms. The van der Waals surface area contributed by atoms with E-state index in [0.29, 0.717) is 42.7 Å². The molecule has 0 unspecified atom stereocenters. The summed E-state index contributed by atoms with van der Waals surface area (Å²) in [7, 11) is 6.02. The van der Waals surface area contributed by atoms with E-state index in [1.54, 1.807) is 0 Å². The van der Waals surface area contributed by atoms with Gasteiger partial charge in [-0.15, -0.1) is 11.3 Å². The number of nitrogens with zero attached hydrogens (tertiary/aromatic N) is 4. The zero-order chi connectivity index (χ0) is 24.5. The number of carbonyl (C=O) groups excluding carboxylic acids is 2. The number of imide groups is 1. The molecule has 1 aromatic heterocycles. The molecule has 1 aromatic rings. The van der Waals surface area contributed by atoms with Crippen molar-refractivity contribution in [2.24, 2.45) is 11.8 Å². The van der Waals surface area contributed by atoms with Gasteiger partial charge in [0.1, 0.15) is 11.1 Å². The molecule has 1 aliphatic heterocycles. The molecule has 2 heterocycles. The minimum absolute atomic E-state index is 0.0987. The fourth-order valence-corrected chi connectivity index (χ4v) is 6.05. The van der Waals surface area contributed by atoms with Crippen LogP contribution in [0.2, 0.25) is 0 Å². The number of fused-ring (bicyclic) bond motifs is 2. The number of nitrogens with one attached hydrogen (secondary N) is 1. The number of hydrogen-bond donors (Lipinski definition) is 2. The van der Waals surface area contributed by atoms with Crippen molar-refractivity contribution in [1.29, 1.82) is 5.26 Å². The summed E-state index contributed by atoms with van der Waals surface area (Å²) in [6.07, 6.45) is 3.08. The van der Waals surface area contributed by atoms with E-state index in [2.05, 4.69) is 42.1 Å². The van der Waals surface area contributed by atoms with Gasteiger partial charge in [0, 0.05) is 36.1 Å². The Morgan fingerprint density at radius 3 is 2.64 bits per heavy atom. The van der Waals surface area contributed by atoms with Gasteiger partial charge >= 0.3 is 6.03 Å². The number of amides is 3. The monoisotopic (exact) mass is 474 g/mol. The van der Waals surface area contributed by atoms with Crippen molar-refractivity contribution in [1.82, 2.24) is 20.0 Å².